The van der Waals surface area contributed by atoms with Crippen LogP contribution in [0.15, 0.2) is 18.2 Å². The highest BCUT2D eigenvalue weighted by Gasteiger charge is 2.44. The van der Waals surface area contributed by atoms with Crippen LogP contribution in [0.3, 0.4) is 0 Å². The van der Waals surface area contributed by atoms with Gasteiger partial charge in [-0.3, -0.25) is 4.79 Å². The molecule has 0 spiro atoms. The van der Waals surface area contributed by atoms with Crippen LogP contribution in [0.25, 0.3) is 0 Å². The van der Waals surface area contributed by atoms with Crippen molar-refractivity contribution in [3.63, 3.8) is 0 Å². The van der Waals surface area contributed by atoms with E-state index in [-0.39, 0.29) is 23.8 Å². The number of esters is 1. The minimum absolute atomic E-state index is 0.170. The van der Waals surface area contributed by atoms with E-state index in [9.17, 15) is 14.0 Å². The first-order chi connectivity index (χ1) is 12.7. The Kier molecular flexibility index (Phi) is 5.69. The Morgan fingerprint density at radius 3 is 2.81 bits per heavy atom. The molecular formula is C18H17ClFIN2O3S. The number of carbonyl (C=O) groups excluding carboxylic acids is 2. The molecule has 1 atom stereocenters. The fourth-order valence-electron chi connectivity index (χ4n) is 2.84. The molecule has 2 N–H and O–H groups in total. The number of halogens is 3. The predicted octanol–water partition coefficient (Wildman–Crippen LogP) is 5.21. The molecule has 27 heavy (non-hydrogen) atoms. The molecule has 144 valence electrons. The molecule has 0 radical (unpaired) electrons. The van der Waals surface area contributed by atoms with E-state index in [1.54, 1.807) is 32.9 Å². The Morgan fingerprint density at radius 2 is 2.19 bits per heavy atom. The minimum atomic E-state index is -0.751. The normalized spacial score (nSPS) is 17.9. The van der Waals surface area contributed by atoms with E-state index in [0.29, 0.717) is 15.4 Å². The standard InChI is InChI=1S/C18H17ClFIN2O3S/c1-4-26-17(25)12-11-13(15(24)23-18(2,3)14(11)19)27-16(12)22-10-6-5-8(21)7-9(10)20/h5-7,14,22H,4H2,1-3H3,(H,23,24). The van der Waals surface area contributed by atoms with Crippen molar-refractivity contribution in [3.05, 3.63) is 43.6 Å². The van der Waals surface area contributed by atoms with E-state index in [2.05, 4.69) is 10.6 Å². The van der Waals surface area contributed by atoms with Gasteiger partial charge in [0.1, 0.15) is 10.8 Å². The highest BCUT2D eigenvalue weighted by Crippen LogP contribution is 2.47. The molecule has 9 heteroatoms. The maximum Gasteiger partial charge on any atom is 0.341 e. The molecule has 5 nitrogen and oxygen atoms in total. The molecule has 1 amide bonds. The molecule has 0 aliphatic carbocycles. The largest absolute Gasteiger partial charge is 0.462 e. The predicted molar refractivity (Wildman–Crippen MR) is 113 cm³/mol. The summed E-state index contributed by atoms with van der Waals surface area (Å²) >= 11 is 9.67. The average Bonchev–Trinajstić information content (AvgIpc) is 2.95. The number of rotatable bonds is 4. The van der Waals surface area contributed by atoms with Gasteiger partial charge in [0.15, 0.2) is 0 Å². The second kappa shape index (κ2) is 7.56. The molecule has 0 fully saturated rings. The van der Waals surface area contributed by atoms with E-state index in [1.807, 2.05) is 22.6 Å². The van der Waals surface area contributed by atoms with Gasteiger partial charge in [-0.1, -0.05) is 0 Å². The first-order valence-electron chi connectivity index (χ1n) is 8.18. The summed E-state index contributed by atoms with van der Waals surface area (Å²) < 4.78 is 20.2. The Balaban J connectivity index is 2.15. The van der Waals surface area contributed by atoms with Gasteiger partial charge in [-0.25, -0.2) is 9.18 Å². The summed E-state index contributed by atoms with van der Waals surface area (Å²) in [6, 6.07) is 4.69. The van der Waals surface area contributed by atoms with Crippen LogP contribution < -0.4 is 10.6 Å². The topological polar surface area (TPSA) is 67.4 Å². The minimum Gasteiger partial charge on any atom is -0.462 e. The number of alkyl halides is 1. The molecular weight excluding hydrogens is 506 g/mol. The van der Waals surface area contributed by atoms with Gasteiger partial charge in [0, 0.05) is 9.13 Å². The first-order valence-corrected chi connectivity index (χ1v) is 10.5. The van der Waals surface area contributed by atoms with E-state index in [4.69, 9.17) is 16.3 Å². The highest BCUT2D eigenvalue weighted by atomic mass is 127. The third kappa shape index (κ3) is 3.79. The SMILES string of the molecule is CCOC(=O)c1c(Nc2ccc(I)cc2F)sc2c1C(Cl)C(C)(C)NC2=O. The molecule has 2 aromatic rings. The fourth-order valence-corrected chi connectivity index (χ4v) is 4.76. The van der Waals surface area contributed by atoms with Gasteiger partial charge >= 0.3 is 5.97 Å². The summed E-state index contributed by atoms with van der Waals surface area (Å²) in [6.45, 7) is 5.43. The van der Waals surface area contributed by atoms with Crippen LogP contribution in [0.5, 0.6) is 0 Å². The monoisotopic (exact) mass is 522 g/mol. The molecule has 1 aliphatic rings. The summed E-state index contributed by atoms with van der Waals surface area (Å²) in [5.41, 5.74) is 0.0460. The molecule has 1 aromatic carbocycles. The number of anilines is 2. The van der Waals surface area contributed by atoms with E-state index in [1.165, 1.54) is 6.07 Å². The van der Waals surface area contributed by atoms with E-state index < -0.39 is 22.7 Å². The number of carbonyl (C=O) groups is 2. The summed E-state index contributed by atoms with van der Waals surface area (Å²) in [5.74, 6) is -1.38. The molecule has 0 saturated heterocycles. The van der Waals surface area contributed by atoms with Crippen molar-refractivity contribution in [2.24, 2.45) is 0 Å². The second-order valence-electron chi connectivity index (χ2n) is 6.56. The van der Waals surface area contributed by atoms with Crippen molar-refractivity contribution in [2.45, 2.75) is 31.7 Å². The molecule has 1 aromatic heterocycles. The number of hydrogen-bond donors (Lipinski definition) is 2. The lowest BCUT2D eigenvalue weighted by Crippen LogP contribution is -2.50. The molecule has 1 unspecified atom stereocenters. The van der Waals surface area contributed by atoms with Crippen LogP contribution in [0.4, 0.5) is 15.1 Å². The fraction of sp³-hybridized carbons (Fsp3) is 0.333. The van der Waals surface area contributed by atoms with Gasteiger partial charge in [-0.2, -0.15) is 0 Å². The number of benzene rings is 1. The van der Waals surface area contributed by atoms with Crippen LogP contribution in [0.2, 0.25) is 0 Å². The van der Waals surface area contributed by atoms with Crippen LogP contribution >= 0.6 is 45.5 Å². The van der Waals surface area contributed by atoms with E-state index in [0.717, 1.165) is 14.9 Å². The zero-order valence-electron chi connectivity index (χ0n) is 14.8. The molecule has 1 aliphatic heterocycles. The lowest BCUT2D eigenvalue weighted by Gasteiger charge is -2.35. The third-order valence-corrected chi connectivity index (χ3v) is 6.69. The smallest absolute Gasteiger partial charge is 0.341 e. The third-order valence-electron chi connectivity index (χ3n) is 4.13. The second-order valence-corrected chi connectivity index (χ2v) is 9.26. The van der Waals surface area contributed by atoms with Crippen LogP contribution in [0.1, 0.15) is 51.7 Å². The summed E-state index contributed by atoms with van der Waals surface area (Å²) in [5, 5.41) is 5.46. The highest BCUT2D eigenvalue weighted by molar-refractivity contribution is 14.1. The van der Waals surface area contributed by atoms with Crippen LogP contribution in [-0.2, 0) is 4.74 Å². The van der Waals surface area contributed by atoms with Crippen molar-refractivity contribution in [2.75, 3.05) is 11.9 Å². The van der Waals surface area contributed by atoms with Crippen LogP contribution in [-0.4, -0.2) is 24.0 Å². The van der Waals surface area contributed by atoms with Gasteiger partial charge in [-0.15, -0.1) is 22.9 Å². The van der Waals surface area contributed by atoms with Crippen LogP contribution in [0, 0.1) is 9.39 Å². The zero-order chi connectivity index (χ0) is 19.9. The van der Waals surface area contributed by atoms with Gasteiger partial charge in [-0.05, 0) is 61.6 Å². The zero-order valence-corrected chi connectivity index (χ0v) is 18.5. The van der Waals surface area contributed by atoms with Gasteiger partial charge in [0.05, 0.1) is 33.7 Å². The summed E-state index contributed by atoms with van der Waals surface area (Å²) in [7, 11) is 0. The maximum atomic E-state index is 14.3. The van der Waals surface area contributed by atoms with Gasteiger partial charge < -0.3 is 15.4 Å². The van der Waals surface area contributed by atoms with Crippen molar-refractivity contribution >= 4 is 68.1 Å². The molecule has 0 bridgehead atoms. The Hall–Kier alpha value is -1.39. The van der Waals surface area contributed by atoms with E-state index >= 15 is 0 Å². The number of ether oxygens (including phenoxy) is 1. The van der Waals surface area contributed by atoms with Crippen molar-refractivity contribution in [3.8, 4) is 0 Å². The van der Waals surface area contributed by atoms with Crippen molar-refractivity contribution in [1.82, 2.24) is 5.32 Å². The lowest BCUT2D eigenvalue weighted by molar-refractivity contribution is 0.0526. The summed E-state index contributed by atoms with van der Waals surface area (Å²) in [4.78, 5) is 25.5. The summed E-state index contributed by atoms with van der Waals surface area (Å²) in [6.07, 6.45) is 0. The first kappa shape index (κ1) is 20.3. The maximum absolute atomic E-state index is 14.3. The lowest BCUT2D eigenvalue weighted by atomic mass is 9.88. The molecule has 3 rings (SSSR count). The Bertz CT molecular complexity index is 932. The quantitative estimate of drug-likeness (QED) is 0.329. The van der Waals surface area contributed by atoms with Crippen molar-refractivity contribution in [1.29, 1.82) is 0 Å². The Morgan fingerprint density at radius 1 is 1.48 bits per heavy atom. The molecule has 2 heterocycles. The number of fused-ring (bicyclic) bond motifs is 1. The van der Waals surface area contributed by atoms with Crippen molar-refractivity contribution < 1.29 is 18.7 Å². The molecule has 0 saturated carbocycles. The average molecular weight is 523 g/mol. The number of hydrogen-bond acceptors (Lipinski definition) is 5. The number of thiophene rings is 1. The number of amides is 1. The van der Waals surface area contributed by atoms with Gasteiger partial charge in [0.2, 0.25) is 0 Å². The number of nitrogens with one attached hydrogen (secondary N) is 2. The van der Waals surface area contributed by atoms with Gasteiger partial charge in [0.25, 0.3) is 5.91 Å². The Labute approximate surface area is 178 Å².